The Morgan fingerprint density at radius 1 is 1.32 bits per heavy atom. The van der Waals surface area contributed by atoms with Gasteiger partial charge in [0.2, 0.25) is 5.28 Å². The van der Waals surface area contributed by atoms with Crippen molar-refractivity contribution in [3.05, 3.63) is 16.2 Å². The highest BCUT2D eigenvalue weighted by atomic mass is 35.5. The number of rotatable bonds is 6. The average molecular weight is 298 g/mol. The highest BCUT2D eigenvalue weighted by Gasteiger charge is 2.13. The number of anilines is 1. The van der Waals surface area contributed by atoms with Gasteiger partial charge in [-0.25, -0.2) is 9.97 Å². The van der Waals surface area contributed by atoms with Crippen LogP contribution < -0.4 is 5.32 Å². The molecular formula is C14H20ClN3S. The van der Waals surface area contributed by atoms with Crippen LogP contribution in [0.25, 0.3) is 10.2 Å². The lowest BCUT2D eigenvalue weighted by Crippen LogP contribution is -2.19. The minimum atomic E-state index is 0.325. The molecule has 1 atom stereocenters. The van der Waals surface area contributed by atoms with Gasteiger partial charge in [-0.15, -0.1) is 11.3 Å². The Hall–Kier alpha value is -0.870. The van der Waals surface area contributed by atoms with Gasteiger partial charge >= 0.3 is 0 Å². The fourth-order valence-corrected chi connectivity index (χ4v) is 3.34. The van der Waals surface area contributed by atoms with Crippen molar-refractivity contribution in [3.63, 3.8) is 0 Å². The largest absolute Gasteiger partial charge is 0.367 e. The molecule has 2 aromatic rings. The van der Waals surface area contributed by atoms with E-state index in [9.17, 15) is 0 Å². The van der Waals surface area contributed by atoms with E-state index in [-0.39, 0.29) is 0 Å². The first kappa shape index (κ1) is 14.5. The van der Waals surface area contributed by atoms with Crippen LogP contribution in [0.5, 0.6) is 0 Å². The SMILES string of the molecule is CCCC(CC)Nc1nc(Cl)nc2sc(CC)cc12. The van der Waals surface area contributed by atoms with E-state index in [0.29, 0.717) is 11.3 Å². The molecule has 1 unspecified atom stereocenters. The molecule has 0 aromatic carbocycles. The molecular weight excluding hydrogens is 278 g/mol. The summed E-state index contributed by atoms with van der Waals surface area (Å²) in [6.07, 6.45) is 4.41. The van der Waals surface area contributed by atoms with E-state index < -0.39 is 0 Å². The molecule has 0 spiro atoms. The summed E-state index contributed by atoms with van der Waals surface area (Å²) in [5.41, 5.74) is 0. The molecule has 0 amide bonds. The van der Waals surface area contributed by atoms with Gasteiger partial charge in [0.25, 0.3) is 0 Å². The quantitative estimate of drug-likeness (QED) is 0.771. The normalized spacial score (nSPS) is 12.8. The number of aryl methyl sites for hydroxylation is 1. The monoisotopic (exact) mass is 297 g/mol. The van der Waals surface area contributed by atoms with E-state index in [2.05, 4.69) is 42.1 Å². The van der Waals surface area contributed by atoms with Gasteiger partial charge in [-0.1, -0.05) is 27.2 Å². The van der Waals surface area contributed by atoms with Crippen LogP contribution in [0.3, 0.4) is 0 Å². The van der Waals surface area contributed by atoms with Crippen LogP contribution >= 0.6 is 22.9 Å². The minimum absolute atomic E-state index is 0.325. The van der Waals surface area contributed by atoms with Crippen LogP contribution in [0, 0.1) is 0 Å². The highest BCUT2D eigenvalue weighted by molar-refractivity contribution is 7.18. The lowest BCUT2D eigenvalue weighted by molar-refractivity contribution is 0.621. The number of fused-ring (bicyclic) bond motifs is 1. The standard InChI is InChI=1S/C14H20ClN3S/c1-4-7-9(5-2)16-12-11-8-10(6-3)19-13(11)18-14(15)17-12/h8-9H,4-7H2,1-3H3,(H,16,17,18). The second kappa shape index (κ2) is 6.53. The first-order valence-electron chi connectivity index (χ1n) is 6.90. The molecule has 5 heteroatoms. The van der Waals surface area contributed by atoms with Crippen LogP contribution in [0.15, 0.2) is 6.07 Å². The van der Waals surface area contributed by atoms with Gasteiger partial charge in [0, 0.05) is 10.9 Å². The lowest BCUT2D eigenvalue weighted by Gasteiger charge is -2.17. The molecule has 1 N–H and O–H groups in total. The Balaban J connectivity index is 2.37. The third-order valence-electron chi connectivity index (χ3n) is 3.24. The van der Waals surface area contributed by atoms with Gasteiger partial charge < -0.3 is 5.32 Å². The maximum absolute atomic E-state index is 6.02. The average Bonchev–Trinajstić information content (AvgIpc) is 2.81. The number of nitrogens with zero attached hydrogens (tertiary/aromatic N) is 2. The maximum atomic E-state index is 6.02. The number of aromatic nitrogens is 2. The van der Waals surface area contributed by atoms with Crippen molar-refractivity contribution >= 4 is 39.0 Å². The zero-order valence-electron chi connectivity index (χ0n) is 11.7. The minimum Gasteiger partial charge on any atom is -0.367 e. The lowest BCUT2D eigenvalue weighted by atomic mass is 10.1. The molecule has 0 aliphatic rings. The Kier molecular flexibility index (Phi) is 4.99. The predicted octanol–water partition coefficient (Wildman–Crippen LogP) is 4.90. The van der Waals surface area contributed by atoms with Gasteiger partial charge in [0.15, 0.2) is 0 Å². The molecule has 3 nitrogen and oxygen atoms in total. The summed E-state index contributed by atoms with van der Waals surface area (Å²) in [5, 5.41) is 4.94. The molecule has 0 radical (unpaired) electrons. The van der Waals surface area contributed by atoms with Gasteiger partial charge in [-0.05, 0) is 36.9 Å². The summed E-state index contributed by atoms with van der Waals surface area (Å²) >= 11 is 7.72. The zero-order chi connectivity index (χ0) is 13.8. The van der Waals surface area contributed by atoms with Crippen LogP contribution in [-0.4, -0.2) is 16.0 Å². The van der Waals surface area contributed by atoms with Gasteiger partial charge in [-0.2, -0.15) is 0 Å². The van der Waals surface area contributed by atoms with Crippen molar-refractivity contribution in [2.45, 2.75) is 52.5 Å². The van der Waals surface area contributed by atoms with Gasteiger partial charge in [-0.3, -0.25) is 0 Å². The number of halogens is 1. The molecule has 104 valence electrons. The van der Waals surface area contributed by atoms with Crippen molar-refractivity contribution in [1.82, 2.24) is 9.97 Å². The molecule has 0 aliphatic heterocycles. The maximum Gasteiger partial charge on any atom is 0.225 e. The van der Waals surface area contributed by atoms with Crippen molar-refractivity contribution in [1.29, 1.82) is 0 Å². The van der Waals surface area contributed by atoms with Crippen LogP contribution in [0.1, 0.15) is 44.9 Å². The van der Waals surface area contributed by atoms with Crippen LogP contribution in [-0.2, 0) is 6.42 Å². The molecule has 0 fully saturated rings. The second-order valence-corrected chi connectivity index (χ2v) is 6.12. The van der Waals surface area contributed by atoms with Crippen molar-refractivity contribution in [2.75, 3.05) is 5.32 Å². The number of thiophene rings is 1. The fourth-order valence-electron chi connectivity index (χ4n) is 2.15. The molecule has 0 saturated heterocycles. The van der Waals surface area contributed by atoms with E-state index in [1.807, 2.05) is 0 Å². The van der Waals surface area contributed by atoms with Crippen molar-refractivity contribution < 1.29 is 0 Å². The highest BCUT2D eigenvalue weighted by Crippen LogP contribution is 2.31. The summed E-state index contributed by atoms with van der Waals surface area (Å²) in [4.78, 5) is 11.0. The number of nitrogens with one attached hydrogen (secondary N) is 1. The Morgan fingerprint density at radius 3 is 2.74 bits per heavy atom. The molecule has 19 heavy (non-hydrogen) atoms. The van der Waals surface area contributed by atoms with E-state index >= 15 is 0 Å². The first-order chi connectivity index (χ1) is 9.17. The van der Waals surface area contributed by atoms with E-state index in [1.165, 1.54) is 4.88 Å². The Morgan fingerprint density at radius 2 is 2.11 bits per heavy atom. The molecule has 2 heterocycles. The first-order valence-corrected chi connectivity index (χ1v) is 8.09. The summed E-state index contributed by atoms with van der Waals surface area (Å²) in [7, 11) is 0. The molecule has 0 aliphatic carbocycles. The van der Waals surface area contributed by atoms with E-state index in [0.717, 1.165) is 41.7 Å². The Labute approximate surface area is 123 Å². The third-order valence-corrected chi connectivity index (χ3v) is 4.58. The van der Waals surface area contributed by atoms with E-state index in [1.54, 1.807) is 11.3 Å². The second-order valence-electron chi connectivity index (χ2n) is 4.66. The van der Waals surface area contributed by atoms with E-state index in [4.69, 9.17) is 11.6 Å². The summed E-state index contributed by atoms with van der Waals surface area (Å²) in [6.45, 7) is 6.55. The molecule has 0 bridgehead atoms. The number of hydrogen-bond donors (Lipinski definition) is 1. The smallest absolute Gasteiger partial charge is 0.225 e. The zero-order valence-corrected chi connectivity index (χ0v) is 13.2. The summed E-state index contributed by atoms with van der Waals surface area (Å²) in [6, 6.07) is 2.63. The van der Waals surface area contributed by atoms with Crippen molar-refractivity contribution in [2.24, 2.45) is 0 Å². The number of hydrogen-bond acceptors (Lipinski definition) is 4. The molecule has 0 saturated carbocycles. The third kappa shape index (κ3) is 3.37. The summed E-state index contributed by atoms with van der Waals surface area (Å²) < 4.78 is 0. The van der Waals surface area contributed by atoms with Crippen molar-refractivity contribution in [3.8, 4) is 0 Å². The van der Waals surface area contributed by atoms with Crippen LogP contribution in [0.2, 0.25) is 5.28 Å². The predicted molar refractivity (Wildman–Crippen MR) is 84.4 cm³/mol. The fraction of sp³-hybridized carbons (Fsp3) is 0.571. The Bertz CT molecular complexity index is 553. The summed E-state index contributed by atoms with van der Waals surface area (Å²) in [5.74, 6) is 0.881. The topological polar surface area (TPSA) is 37.8 Å². The van der Waals surface area contributed by atoms with Gasteiger partial charge in [0.05, 0.1) is 5.39 Å². The van der Waals surface area contributed by atoms with Gasteiger partial charge in [0.1, 0.15) is 10.6 Å². The molecule has 2 rings (SSSR count). The molecule has 2 aromatic heterocycles. The van der Waals surface area contributed by atoms with Crippen LogP contribution in [0.4, 0.5) is 5.82 Å².